The summed E-state index contributed by atoms with van der Waals surface area (Å²) >= 11 is 0. The lowest BCUT2D eigenvalue weighted by Crippen LogP contribution is -2.39. The van der Waals surface area contributed by atoms with E-state index in [1.165, 1.54) is 0 Å². The molecule has 1 aromatic carbocycles. The number of piperidine rings is 1. The summed E-state index contributed by atoms with van der Waals surface area (Å²) < 4.78 is 33.7. The Kier molecular flexibility index (Phi) is 7.61. The third kappa shape index (κ3) is 6.67. The van der Waals surface area contributed by atoms with Gasteiger partial charge >= 0.3 is 12.1 Å². The molecule has 1 aliphatic rings. The quantitative estimate of drug-likeness (QED) is 0.569. The van der Waals surface area contributed by atoms with Crippen molar-refractivity contribution in [2.24, 2.45) is 0 Å². The highest BCUT2D eigenvalue weighted by molar-refractivity contribution is 5.95. The van der Waals surface area contributed by atoms with Gasteiger partial charge in [-0.25, -0.2) is 14.5 Å². The number of hydrogen-bond donors (Lipinski definition) is 2. The van der Waals surface area contributed by atoms with E-state index in [9.17, 15) is 18.0 Å². The number of nitrogens with one attached hydrogen (secondary N) is 1. The van der Waals surface area contributed by atoms with Gasteiger partial charge in [-0.15, -0.1) is 5.10 Å². The Labute approximate surface area is 200 Å². The number of carbonyl (C=O) groups is 2. The van der Waals surface area contributed by atoms with Gasteiger partial charge in [0, 0.05) is 48.2 Å². The van der Waals surface area contributed by atoms with Crippen molar-refractivity contribution in [3.8, 4) is 11.4 Å². The van der Waals surface area contributed by atoms with Crippen LogP contribution in [-0.4, -0.2) is 66.1 Å². The number of likely N-dealkylation sites (tertiary alicyclic amines) is 1. The van der Waals surface area contributed by atoms with Crippen molar-refractivity contribution < 1.29 is 27.9 Å². The van der Waals surface area contributed by atoms with Crippen molar-refractivity contribution in [3.63, 3.8) is 0 Å². The highest BCUT2D eigenvalue weighted by atomic mass is 19.4. The minimum atomic E-state index is -5.08. The average Bonchev–Trinajstić information content (AvgIpc) is 3.51. The van der Waals surface area contributed by atoms with Crippen LogP contribution < -0.4 is 0 Å². The molecule has 0 aliphatic carbocycles. The fourth-order valence-corrected chi connectivity index (χ4v) is 3.54. The maximum absolute atomic E-state index is 13.0. The molecular formula is C23H27F3N6O3. The van der Waals surface area contributed by atoms with Crippen LogP contribution in [0.3, 0.4) is 0 Å². The van der Waals surface area contributed by atoms with Crippen LogP contribution in [0.1, 0.15) is 55.7 Å². The van der Waals surface area contributed by atoms with Gasteiger partial charge in [-0.1, -0.05) is 38.1 Å². The molecule has 0 atom stereocenters. The lowest BCUT2D eigenvalue weighted by Gasteiger charge is -2.32. The number of aromatic nitrogens is 5. The average molecular weight is 493 g/mol. The van der Waals surface area contributed by atoms with Crippen LogP contribution in [0.5, 0.6) is 0 Å². The van der Waals surface area contributed by atoms with Crippen LogP contribution >= 0.6 is 0 Å². The van der Waals surface area contributed by atoms with Crippen LogP contribution in [0.15, 0.2) is 42.9 Å². The highest BCUT2D eigenvalue weighted by Gasteiger charge is 2.38. The Balaban J connectivity index is 0.000000429. The summed E-state index contributed by atoms with van der Waals surface area (Å²) in [5.74, 6) is -1.91. The summed E-state index contributed by atoms with van der Waals surface area (Å²) in [5.41, 5.74) is 2.61. The number of nitrogens with zero attached hydrogens (tertiary/aromatic N) is 5. The fourth-order valence-electron chi connectivity index (χ4n) is 3.54. The summed E-state index contributed by atoms with van der Waals surface area (Å²) in [7, 11) is 0. The zero-order chi connectivity index (χ0) is 25.8. The van der Waals surface area contributed by atoms with Gasteiger partial charge in [0.2, 0.25) is 0 Å². The predicted octanol–water partition coefficient (Wildman–Crippen LogP) is 4.08. The van der Waals surface area contributed by atoms with Crippen LogP contribution in [0.2, 0.25) is 0 Å². The number of amides is 1. The van der Waals surface area contributed by atoms with Gasteiger partial charge in [0.1, 0.15) is 5.82 Å². The summed E-state index contributed by atoms with van der Waals surface area (Å²) in [6, 6.07) is 7.93. The van der Waals surface area contributed by atoms with Crippen molar-refractivity contribution in [3.05, 3.63) is 54.1 Å². The van der Waals surface area contributed by atoms with Gasteiger partial charge in [0.25, 0.3) is 5.91 Å². The highest BCUT2D eigenvalue weighted by Crippen LogP contribution is 2.26. The molecule has 0 unspecified atom stereocenters. The van der Waals surface area contributed by atoms with E-state index in [2.05, 4.69) is 47.2 Å². The van der Waals surface area contributed by atoms with Gasteiger partial charge in [0.15, 0.2) is 0 Å². The van der Waals surface area contributed by atoms with E-state index in [0.29, 0.717) is 11.6 Å². The second kappa shape index (κ2) is 10.3. The second-order valence-corrected chi connectivity index (χ2v) is 9.18. The van der Waals surface area contributed by atoms with E-state index in [0.717, 1.165) is 43.0 Å². The van der Waals surface area contributed by atoms with Gasteiger partial charge in [-0.3, -0.25) is 4.79 Å². The molecule has 188 valence electrons. The fraction of sp³-hybridized carbons (Fsp3) is 0.435. The molecule has 2 N–H and O–H groups in total. The summed E-state index contributed by atoms with van der Waals surface area (Å²) in [4.78, 5) is 31.1. The topological polar surface area (TPSA) is 117 Å². The maximum atomic E-state index is 13.0. The predicted molar refractivity (Wildman–Crippen MR) is 121 cm³/mol. The van der Waals surface area contributed by atoms with Crippen molar-refractivity contribution in [2.45, 2.75) is 51.2 Å². The maximum Gasteiger partial charge on any atom is 0.490 e. The summed E-state index contributed by atoms with van der Waals surface area (Å²) in [6.45, 7) is 7.86. The Morgan fingerprint density at radius 1 is 1.14 bits per heavy atom. The van der Waals surface area contributed by atoms with Crippen molar-refractivity contribution in [2.75, 3.05) is 13.1 Å². The molecule has 1 saturated heterocycles. The van der Waals surface area contributed by atoms with E-state index >= 15 is 0 Å². The number of imidazole rings is 1. The van der Waals surface area contributed by atoms with Gasteiger partial charge in [0.05, 0.1) is 11.7 Å². The molecule has 1 fully saturated rings. The second-order valence-electron chi connectivity index (χ2n) is 9.18. The minimum absolute atomic E-state index is 0.00602. The molecule has 12 heteroatoms. The third-order valence-corrected chi connectivity index (χ3v) is 5.53. The number of carboxylic acids is 1. The molecule has 4 rings (SSSR count). The molecule has 2 aromatic heterocycles. The molecular weight excluding hydrogens is 465 g/mol. The zero-order valence-electron chi connectivity index (χ0n) is 19.6. The van der Waals surface area contributed by atoms with Crippen molar-refractivity contribution in [1.82, 2.24) is 29.9 Å². The number of rotatable bonds is 3. The molecule has 3 aromatic rings. The first-order valence-electron chi connectivity index (χ1n) is 11.0. The van der Waals surface area contributed by atoms with Crippen LogP contribution in [-0.2, 0) is 10.2 Å². The van der Waals surface area contributed by atoms with E-state index < -0.39 is 12.1 Å². The first kappa shape index (κ1) is 25.9. The number of aromatic amines is 1. The molecule has 0 saturated carbocycles. The van der Waals surface area contributed by atoms with Gasteiger partial charge < -0.3 is 15.0 Å². The molecule has 3 heterocycles. The van der Waals surface area contributed by atoms with Gasteiger partial charge in [-0.2, -0.15) is 13.2 Å². The van der Waals surface area contributed by atoms with Crippen LogP contribution in [0, 0.1) is 0 Å². The van der Waals surface area contributed by atoms with E-state index in [4.69, 9.17) is 9.90 Å². The van der Waals surface area contributed by atoms with E-state index in [1.54, 1.807) is 12.4 Å². The normalized spacial score (nSPS) is 14.9. The number of carbonyl (C=O) groups excluding carboxylic acids is 1. The zero-order valence-corrected chi connectivity index (χ0v) is 19.6. The van der Waals surface area contributed by atoms with Gasteiger partial charge in [-0.05, 0) is 25.0 Å². The SMILES string of the molecule is CC(C)(C)c1cn(C2CCN(C(=O)c3cccc(-c4ncc[nH]4)c3)CC2)nn1.O=C(O)C(F)(F)F. The number of hydrogen-bond acceptors (Lipinski definition) is 5. The number of benzene rings is 1. The first-order chi connectivity index (χ1) is 16.4. The molecule has 0 spiro atoms. The number of H-pyrrole nitrogens is 1. The monoisotopic (exact) mass is 492 g/mol. The molecule has 1 amide bonds. The summed E-state index contributed by atoms with van der Waals surface area (Å²) in [6.07, 6.45) is 2.23. The number of halogens is 3. The standard InChI is InChI=1S/C21H26N6O.C2HF3O2/c1-21(2,3)18-14-27(25-24-18)17-7-11-26(12-8-17)20(28)16-6-4-5-15(13-16)19-22-9-10-23-19;3-2(4,5)1(6)7/h4-6,9-10,13-14,17H,7-8,11-12H2,1-3H3,(H,22,23);(H,6,7). The lowest BCUT2D eigenvalue weighted by molar-refractivity contribution is -0.192. The van der Waals surface area contributed by atoms with E-state index in [-0.39, 0.29) is 11.3 Å². The number of carboxylic acid groups (broad SMARTS) is 1. The first-order valence-corrected chi connectivity index (χ1v) is 11.0. The Bertz CT molecular complexity index is 1140. The smallest absolute Gasteiger partial charge is 0.475 e. The minimum Gasteiger partial charge on any atom is -0.475 e. The summed E-state index contributed by atoms with van der Waals surface area (Å²) in [5, 5.41) is 15.8. The van der Waals surface area contributed by atoms with Crippen LogP contribution in [0.4, 0.5) is 13.2 Å². The Morgan fingerprint density at radius 3 is 2.31 bits per heavy atom. The molecule has 9 nitrogen and oxygen atoms in total. The largest absolute Gasteiger partial charge is 0.490 e. The number of aliphatic carboxylic acids is 1. The van der Waals surface area contributed by atoms with Crippen LogP contribution in [0.25, 0.3) is 11.4 Å². The molecule has 1 aliphatic heterocycles. The molecule has 0 bridgehead atoms. The van der Waals surface area contributed by atoms with Crippen molar-refractivity contribution >= 4 is 11.9 Å². The Morgan fingerprint density at radius 2 is 1.80 bits per heavy atom. The van der Waals surface area contributed by atoms with E-state index in [1.807, 2.05) is 33.8 Å². The lowest BCUT2D eigenvalue weighted by atomic mass is 9.93. The molecule has 0 radical (unpaired) electrons. The molecule has 35 heavy (non-hydrogen) atoms. The van der Waals surface area contributed by atoms with Crippen molar-refractivity contribution in [1.29, 1.82) is 0 Å². The Hall–Kier alpha value is -3.70. The number of alkyl halides is 3. The third-order valence-electron chi connectivity index (χ3n) is 5.53.